The first-order chi connectivity index (χ1) is 10.1. The van der Waals surface area contributed by atoms with Gasteiger partial charge in [0.25, 0.3) is 0 Å². The molecule has 0 aliphatic rings. The SMILES string of the molecule is CCc1nnc(SC)n1/N=C\c1cc(Br)c(OC)c(Br)c1. The van der Waals surface area contributed by atoms with Crippen LogP contribution in [0.15, 0.2) is 31.3 Å². The lowest BCUT2D eigenvalue weighted by molar-refractivity contribution is 0.409. The first kappa shape index (κ1) is 16.5. The fourth-order valence-electron chi connectivity index (χ4n) is 1.73. The van der Waals surface area contributed by atoms with Crippen molar-refractivity contribution in [2.24, 2.45) is 5.10 Å². The minimum atomic E-state index is 0.760. The summed E-state index contributed by atoms with van der Waals surface area (Å²) in [4.78, 5) is 0. The Morgan fingerprint density at radius 2 is 2.00 bits per heavy atom. The zero-order valence-electron chi connectivity index (χ0n) is 11.8. The van der Waals surface area contributed by atoms with E-state index in [1.807, 2.05) is 25.3 Å². The Kier molecular flexibility index (Phi) is 5.83. The molecule has 1 aromatic heterocycles. The number of methoxy groups -OCH3 is 1. The largest absolute Gasteiger partial charge is 0.494 e. The summed E-state index contributed by atoms with van der Waals surface area (Å²) in [7, 11) is 1.63. The molecule has 2 aromatic rings. The van der Waals surface area contributed by atoms with E-state index in [0.29, 0.717) is 0 Å². The van der Waals surface area contributed by atoms with Gasteiger partial charge in [-0.25, -0.2) is 0 Å². The second-order valence-corrected chi connectivity index (χ2v) is 6.51. The Bertz CT molecular complexity index is 628. The van der Waals surface area contributed by atoms with E-state index >= 15 is 0 Å². The molecule has 0 N–H and O–H groups in total. The lowest BCUT2D eigenvalue weighted by atomic mass is 10.2. The van der Waals surface area contributed by atoms with Crippen LogP contribution in [0.3, 0.4) is 0 Å². The monoisotopic (exact) mass is 432 g/mol. The van der Waals surface area contributed by atoms with E-state index in [1.54, 1.807) is 18.0 Å². The van der Waals surface area contributed by atoms with Crippen molar-refractivity contribution in [3.8, 4) is 5.75 Å². The van der Waals surface area contributed by atoms with Gasteiger partial charge in [0.15, 0.2) is 5.82 Å². The molecule has 0 spiro atoms. The van der Waals surface area contributed by atoms with Crippen LogP contribution >= 0.6 is 43.6 Å². The molecule has 2 rings (SSSR count). The van der Waals surface area contributed by atoms with E-state index in [1.165, 1.54) is 11.8 Å². The summed E-state index contributed by atoms with van der Waals surface area (Å²) in [5.41, 5.74) is 0.942. The van der Waals surface area contributed by atoms with Crippen LogP contribution in [0.4, 0.5) is 0 Å². The van der Waals surface area contributed by atoms with Crippen LogP contribution in [-0.2, 0) is 6.42 Å². The number of aryl methyl sites for hydroxylation is 1. The maximum absolute atomic E-state index is 5.29. The van der Waals surface area contributed by atoms with Crippen molar-refractivity contribution >= 4 is 49.8 Å². The van der Waals surface area contributed by atoms with E-state index in [9.17, 15) is 0 Å². The summed E-state index contributed by atoms with van der Waals surface area (Å²) in [6.07, 6.45) is 4.51. The van der Waals surface area contributed by atoms with Gasteiger partial charge in [0.1, 0.15) is 5.75 Å². The van der Waals surface area contributed by atoms with Crippen molar-refractivity contribution in [1.29, 1.82) is 0 Å². The van der Waals surface area contributed by atoms with Crippen LogP contribution < -0.4 is 4.74 Å². The van der Waals surface area contributed by atoms with Crippen LogP contribution in [0.25, 0.3) is 0 Å². The molecule has 0 amide bonds. The highest BCUT2D eigenvalue weighted by molar-refractivity contribution is 9.11. The number of nitrogens with zero attached hydrogens (tertiary/aromatic N) is 4. The molecular weight excluding hydrogens is 420 g/mol. The first-order valence-electron chi connectivity index (χ1n) is 6.16. The highest BCUT2D eigenvalue weighted by Gasteiger charge is 2.09. The lowest BCUT2D eigenvalue weighted by Gasteiger charge is -2.07. The van der Waals surface area contributed by atoms with Crippen LogP contribution in [0, 0.1) is 0 Å². The molecule has 8 heteroatoms. The van der Waals surface area contributed by atoms with Crippen molar-refractivity contribution in [1.82, 2.24) is 14.9 Å². The van der Waals surface area contributed by atoms with Crippen LogP contribution in [0.1, 0.15) is 18.3 Å². The van der Waals surface area contributed by atoms with Crippen molar-refractivity contribution < 1.29 is 4.74 Å². The van der Waals surface area contributed by atoms with E-state index < -0.39 is 0 Å². The van der Waals surface area contributed by atoms with E-state index in [0.717, 1.165) is 37.7 Å². The molecule has 0 atom stereocenters. The topological polar surface area (TPSA) is 52.3 Å². The van der Waals surface area contributed by atoms with Crippen LogP contribution in [0.5, 0.6) is 5.75 Å². The van der Waals surface area contributed by atoms with Crippen molar-refractivity contribution in [2.75, 3.05) is 13.4 Å². The molecule has 112 valence electrons. The molecule has 5 nitrogen and oxygen atoms in total. The number of thioether (sulfide) groups is 1. The van der Waals surface area contributed by atoms with Gasteiger partial charge in [-0.3, -0.25) is 0 Å². The van der Waals surface area contributed by atoms with Crippen molar-refractivity contribution in [3.05, 3.63) is 32.5 Å². The summed E-state index contributed by atoms with van der Waals surface area (Å²) < 4.78 is 8.78. The third kappa shape index (κ3) is 3.67. The molecule has 0 aliphatic carbocycles. The molecular formula is C13H14Br2N4OS. The Balaban J connectivity index is 2.36. The number of rotatable bonds is 5. The minimum absolute atomic E-state index is 0.760. The second-order valence-electron chi connectivity index (χ2n) is 4.03. The highest BCUT2D eigenvalue weighted by atomic mass is 79.9. The Labute approximate surface area is 144 Å². The summed E-state index contributed by atoms with van der Waals surface area (Å²) >= 11 is 8.48. The van der Waals surface area contributed by atoms with Crippen LogP contribution in [0.2, 0.25) is 0 Å². The van der Waals surface area contributed by atoms with Crippen molar-refractivity contribution in [2.45, 2.75) is 18.5 Å². The molecule has 0 unspecified atom stereocenters. The van der Waals surface area contributed by atoms with Gasteiger partial charge in [0.05, 0.1) is 22.3 Å². The summed E-state index contributed by atoms with van der Waals surface area (Å²) in [5.74, 6) is 1.60. The Morgan fingerprint density at radius 3 is 2.52 bits per heavy atom. The molecule has 21 heavy (non-hydrogen) atoms. The standard InChI is InChI=1S/C13H14Br2N4OS/c1-4-11-17-18-13(21-3)19(11)16-7-8-5-9(14)12(20-2)10(15)6-8/h5-7H,4H2,1-3H3/b16-7-. The number of hydrogen-bond acceptors (Lipinski definition) is 5. The van der Waals surface area contributed by atoms with Crippen molar-refractivity contribution in [3.63, 3.8) is 0 Å². The highest BCUT2D eigenvalue weighted by Crippen LogP contribution is 2.34. The zero-order valence-corrected chi connectivity index (χ0v) is 15.8. The smallest absolute Gasteiger partial charge is 0.211 e. The van der Waals surface area contributed by atoms with Gasteiger partial charge >= 0.3 is 0 Å². The predicted octanol–water partition coefficient (Wildman–Crippen LogP) is 3.98. The third-order valence-corrected chi connectivity index (χ3v) is 4.52. The van der Waals surface area contributed by atoms with Gasteiger partial charge in [-0.05, 0) is 55.8 Å². The van der Waals surface area contributed by atoms with E-state index in [-0.39, 0.29) is 0 Å². The van der Waals surface area contributed by atoms with Gasteiger partial charge in [0, 0.05) is 6.42 Å². The maximum Gasteiger partial charge on any atom is 0.211 e. The van der Waals surface area contributed by atoms with Gasteiger partial charge in [0.2, 0.25) is 5.16 Å². The molecule has 0 radical (unpaired) electrons. The lowest BCUT2D eigenvalue weighted by Crippen LogP contribution is -1.99. The molecule has 0 saturated carbocycles. The number of hydrogen-bond donors (Lipinski definition) is 0. The second kappa shape index (κ2) is 7.42. The number of ether oxygens (including phenoxy) is 1. The number of aromatic nitrogens is 3. The molecule has 1 aromatic carbocycles. The molecule has 1 heterocycles. The molecule has 0 saturated heterocycles. The Morgan fingerprint density at radius 1 is 1.33 bits per heavy atom. The normalized spacial score (nSPS) is 11.3. The van der Waals surface area contributed by atoms with Gasteiger partial charge in [-0.15, -0.1) is 10.2 Å². The zero-order chi connectivity index (χ0) is 15.4. The van der Waals surface area contributed by atoms with Gasteiger partial charge in [-0.1, -0.05) is 18.7 Å². The van der Waals surface area contributed by atoms with Gasteiger partial charge in [-0.2, -0.15) is 9.78 Å². The average molecular weight is 434 g/mol. The average Bonchev–Trinajstić information content (AvgIpc) is 2.86. The predicted molar refractivity (Wildman–Crippen MR) is 92.6 cm³/mol. The minimum Gasteiger partial charge on any atom is -0.494 e. The first-order valence-corrected chi connectivity index (χ1v) is 8.97. The molecule has 0 aliphatic heterocycles. The fourth-order valence-corrected chi connectivity index (χ4v) is 3.73. The van der Waals surface area contributed by atoms with Crippen LogP contribution in [-0.4, -0.2) is 34.5 Å². The summed E-state index contributed by atoms with van der Waals surface area (Å²) in [5, 5.41) is 13.5. The number of halogens is 2. The summed E-state index contributed by atoms with van der Waals surface area (Å²) in [6, 6.07) is 3.89. The quantitative estimate of drug-likeness (QED) is 0.528. The Hall–Kier alpha value is -0.860. The summed E-state index contributed by atoms with van der Waals surface area (Å²) in [6.45, 7) is 2.03. The maximum atomic E-state index is 5.29. The van der Waals surface area contributed by atoms with Gasteiger partial charge < -0.3 is 4.74 Å². The number of benzene rings is 1. The molecule has 0 bridgehead atoms. The third-order valence-electron chi connectivity index (χ3n) is 2.72. The fraction of sp³-hybridized carbons (Fsp3) is 0.308. The van der Waals surface area contributed by atoms with E-state index in [2.05, 4.69) is 47.2 Å². The molecule has 0 fully saturated rings. The van der Waals surface area contributed by atoms with E-state index in [4.69, 9.17) is 4.74 Å².